The van der Waals surface area contributed by atoms with Crippen LogP contribution in [0.1, 0.15) is 36.6 Å². The van der Waals surface area contributed by atoms with Crippen LogP contribution in [0.25, 0.3) is 0 Å². The second-order valence-electron chi connectivity index (χ2n) is 5.24. The van der Waals surface area contributed by atoms with Crippen LogP contribution in [-0.4, -0.2) is 23.4 Å². The van der Waals surface area contributed by atoms with Gasteiger partial charge in [0.15, 0.2) is 0 Å². The topological polar surface area (TPSA) is 39.1 Å². The van der Waals surface area contributed by atoms with Gasteiger partial charge in [-0.05, 0) is 48.0 Å². The molecule has 0 saturated heterocycles. The third-order valence-electron chi connectivity index (χ3n) is 4.15. The van der Waals surface area contributed by atoms with Crippen LogP contribution >= 0.6 is 15.9 Å². The summed E-state index contributed by atoms with van der Waals surface area (Å²) >= 11 is 3.65. The van der Waals surface area contributed by atoms with Gasteiger partial charge in [0.25, 0.3) is 0 Å². The van der Waals surface area contributed by atoms with Gasteiger partial charge >= 0.3 is 0 Å². The Hall–Kier alpha value is -1.33. The molecule has 0 spiro atoms. The van der Waals surface area contributed by atoms with Crippen molar-refractivity contribution in [3.8, 4) is 5.75 Å². The number of nitrogens with zero attached hydrogens (tertiary/aromatic N) is 2. The summed E-state index contributed by atoms with van der Waals surface area (Å²) in [5.74, 6) is 1.39. The number of halogens is 1. The normalized spacial score (nSPS) is 18.9. The Morgan fingerprint density at radius 1 is 1.48 bits per heavy atom. The summed E-state index contributed by atoms with van der Waals surface area (Å²) in [4.78, 5) is 0. The molecule has 2 atom stereocenters. The molecule has 1 aromatic heterocycles. The molecule has 1 aliphatic rings. The number of rotatable bonds is 4. The van der Waals surface area contributed by atoms with Crippen LogP contribution in [0.2, 0.25) is 0 Å². The highest BCUT2D eigenvalue weighted by Gasteiger charge is 2.32. The van der Waals surface area contributed by atoms with E-state index in [1.54, 1.807) is 0 Å². The molecule has 0 aliphatic carbocycles. The van der Waals surface area contributed by atoms with Gasteiger partial charge in [0.1, 0.15) is 5.75 Å². The number of benzene rings is 1. The summed E-state index contributed by atoms with van der Waals surface area (Å²) in [6, 6.07) is 8.55. The molecule has 2 unspecified atom stereocenters. The summed E-state index contributed by atoms with van der Waals surface area (Å²) in [7, 11) is 2.02. The summed E-state index contributed by atoms with van der Waals surface area (Å²) in [6.45, 7) is 3.75. The van der Waals surface area contributed by atoms with Crippen molar-refractivity contribution in [2.24, 2.45) is 0 Å². The van der Waals surface area contributed by atoms with Gasteiger partial charge in [-0.3, -0.25) is 4.68 Å². The fourth-order valence-corrected chi connectivity index (χ4v) is 3.72. The molecule has 21 heavy (non-hydrogen) atoms. The number of aromatic nitrogens is 2. The van der Waals surface area contributed by atoms with E-state index in [2.05, 4.69) is 56.2 Å². The van der Waals surface area contributed by atoms with E-state index in [0.717, 1.165) is 29.8 Å². The highest BCUT2D eigenvalue weighted by Crippen LogP contribution is 2.42. The molecule has 5 heteroatoms. The summed E-state index contributed by atoms with van der Waals surface area (Å²) in [6.07, 6.45) is 2.89. The first kappa shape index (κ1) is 14.6. The van der Waals surface area contributed by atoms with Crippen molar-refractivity contribution in [2.75, 3.05) is 13.7 Å². The molecule has 1 aliphatic heterocycles. The summed E-state index contributed by atoms with van der Waals surface area (Å²) in [5, 5.41) is 7.94. The number of fused-ring (bicyclic) bond motifs is 1. The van der Waals surface area contributed by atoms with Gasteiger partial charge in [-0.15, -0.1) is 0 Å². The first-order valence-corrected chi connectivity index (χ1v) is 8.15. The van der Waals surface area contributed by atoms with E-state index in [1.807, 2.05) is 19.3 Å². The molecule has 112 valence electrons. The van der Waals surface area contributed by atoms with Crippen LogP contribution in [0.15, 0.2) is 34.9 Å². The van der Waals surface area contributed by atoms with E-state index < -0.39 is 0 Å². The van der Waals surface area contributed by atoms with Crippen LogP contribution in [0, 0.1) is 0 Å². The van der Waals surface area contributed by atoms with E-state index in [4.69, 9.17) is 4.74 Å². The van der Waals surface area contributed by atoms with Gasteiger partial charge < -0.3 is 10.1 Å². The Balaban J connectivity index is 2.03. The van der Waals surface area contributed by atoms with Crippen LogP contribution in [0.5, 0.6) is 5.75 Å². The SMILES string of the molecule is CCn1ncc(Br)c1C(NC)C1CCOc2ccccc21. The standard InChI is InChI=1S/C16H20BrN3O/c1-3-20-16(13(17)10-19-20)15(18-2)12-8-9-21-14-7-5-4-6-11(12)14/h4-7,10,12,15,18H,3,8-9H2,1-2H3. The first-order valence-electron chi connectivity index (χ1n) is 7.36. The predicted octanol–water partition coefficient (Wildman–Crippen LogP) is 3.49. The van der Waals surface area contributed by atoms with Gasteiger partial charge in [0.05, 0.1) is 29.0 Å². The van der Waals surface area contributed by atoms with Crippen molar-refractivity contribution in [1.29, 1.82) is 0 Å². The second kappa shape index (κ2) is 6.20. The van der Waals surface area contributed by atoms with E-state index in [-0.39, 0.29) is 6.04 Å². The molecule has 1 N–H and O–H groups in total. The molecule has 0 bridgehead atoms. The fraction of sp³-hybridized carbons (Fsp3) is 0.438. The van der Waals surface area contributed by atoms with Gasteiger partial charge in [-0.25, -0.2) is 0 Å². The Labute approximate surface area is 133 Å². The molecule has 3 rings (SSSR count). The van der Waals surface area contributed by atoms with Crippen LogP contribution in [0.4, 0.5) is 0 Å². The molecule has 0 fully saturated rings. The summed E-state index contributed by atoms with van der Waals surface area (Å²) < 4.78 is 8.91. The fourth-order valence-electron chi connectivity index (χ4n) is 3.18. The summed E-state index contributed by atoms with van der Waals surface area (Å²) in [5.41, 5.74) is 2.49. The van der Waals surface area contributed by atoms with Crippen molar-refractivity contribution >= 4 is 15.9 Å². The Kier molecular flexibility index (Phi) is 4.31. The van der Waals surface area contributed by atoms with Crippen molar-refractivity contribution in [3.63, 3.8) is 0 Å². The monoisotopic (exact) mass is 349 g/mol. The number of likely N-dealkylation sites (N-methyl/N-ethyl adjacent to an activating group) is 1. The van der Waals surface area contributed by atoms with Gasteiger partial charge in [-0.2, -0.15) is 5.10 Å². The van der Waals surface area contributed by atoms with Crippen molar-refractivity contribution in [2.45, 2.75) is 31.8 Å². The minimum Gasteiger partial charge on any atom is -0.493 e. The molecule has 0 radical (unpaired) electrons. The maximum atomic E-state index is 5.79. The quantitative estimate of drug-likeness (QED) is 0.918. The number of hydrogen-bond donors (Lipinski definition) is 1. The molecule has 0 amide bonds. The van der Waals surface area contributed by atoms with Crippen molar-refractivity contribution < 1.29 is 4.74 Å². The van der Waals surface area contributed by atoms with Crippen LogP contribution in [-0.2, 0) is 6.54 Å². The third kappa shape index (κ3) is 2.60. The zero-order chi connectivity index (χ0) is 14.8. The van der Waals surface area contributed by atoms with Gasteiger partial charge in [0, 0.05) is 12.5 Å². The van der Waals surface area contributed by atoms with E-state index >= 15 is 0 Å². The zero-order valence-corrected chi connectivity index (χ0v) is 13.9. The second-order valence-corrected chi connectivity index (χ2v) is 6.10. The minimum atomic E-state index is 0.215. The predicted molar refractivity (Wildman–Crippen MR) is 86.7 cm³/mol. The maximum absolute atomic E-state index is 5.79. The lowest BCUT2D eigenvalue weighted by Crippen LogP contribution is -2.30. The van der Waals surface area contributed by atoms with Crippen molar-refractivity contribution in [1.82, 2.24) is 15.1 Å². The van der Waals surface area contributed by atoms with E-state index in [1.165, 1.54) is 11.3 Å². The average Bonchev–Trinajstić information content (AvgIpc) is 2.90. The molecule has 4 nitrogen and oxygen atoms in total. The molecular weight excluding hydrogens is 330 g/mol. The van der Waals surface area contributed by atoms with E-state index in [9.17, 15) is 0 Å². The van der Waals surface area contributed by atoms with Crippen molar-refractivity contribution in [3.05, 3.63) is 46.2 Å². The highest BCUT2D eigenvalue weighted by atomic mass is 79.9. The van der Waals surface area contributed by atoms with E-state index in [0.29, 0.717) is 5.92 Å². The largest absolute Gasteiger partial charge is 0.493 e. The van der Waals surface area contributed by atoms with Crippen LogP contribution < -0.4 is 10.1 Å². The number of aryl methyl sites for hydroxylation is 1. The molecule has 2 aromatic rings. The first-order chi connectivity index (χ1) is 10.3. The highest BCUT2D eigenvalue weighted by molar-refractivity contribution is 9.10. The van der Waals surface area contributed by atoms with Crippen LogP contribution in [0.3, 0.4) is 0 Å². The lowest BCUT2D eigenvalue weighted by atomic mass is 9.85. The maximum Gasteiger partial charge on any atom is 0.122 e. The zero-order valence-electron chi connectivity index (χ0n) is 12.3. The van der Waals surface area contributed by atoms with Gasteiger partial charge in [0.2, 0.25) is 0 Å². The number of hydrogen-bond acceptors (Lipinski definition) is 3. The lowest BCUT2D eigenvalue weighted by Gasteiger charge is -2.32. The number of ether oxygens (including phenoxy) is 1. The minimum absolute atomic E-state index is 0.215. The Morgan fingerprint density at radius 2 is 2.29 bits per heavy atom. The van der Waals surface area contributed by atoms with Gasteiger partial charge in [-0.1, -0.05) is 18.2 Å². The molecule has 2 heterocycles. The molecule has 1 aromatic carbocycles. The Bertz CT molecular complexity index is 626. The molecular formula is C16H20BrN3O. The molecule has 0 saturated carbocycles. The smallest absolute Gasteiger partial charge is 0.122 e. The number of para-hydroxylation sites is 1. The number of nitrogens with one attached hydrogen (secondary N) is 1. The Morgan fingerprint density at radius 3 is 3.05 bits per heavy atom. The third-order valence-corrected chi connectivity index (χ3v) is 4.76. The lowest BCUT2D eigenvalue weighted by molar-refractivity contribution is 0.245. The average molecular weight is 350 g/mol.